The summed E-state index contributed by atoms with van der Waals surface area (Å²) in [5.41, 5.74) is 5.96. The van der Waals surface area contributed by atoms with Gasteiger partial charge in [-0.1, -0.05) is 12.2 Å². The van der Waals surface area contributed by atoms with Crippen LogP contribution < -0.4 is 11.6 Å². The van der Waals surface area contributed by atoms with E-state index in [4.69, 9.17) is 11.6 Å². The van der Waals surface area contributed by atoms with Crippen LogP contribution in [0.3, 0.4) is 0 Å². The van der Waals surface area contributed by atoms with Crippen LogP contribution in [0.4, 0.5) is 0 Å². The van der Waals surface area contributed by atoms with Crippen molar-refractivity contribution in [2.45, 2.75) is 12.5 Å². The maximum absolute atomic E-state index is 5.96. The summed E-state index contributed by atoms with van der Waals surface area (Å²) in [6.45, 7) is 0.604. The van der Waals surface area contributed by atoms with Crippen LogP contribution in [0.1, 0.15) is 6.42 Å². The third kappa shape index (κ3) is 1.00. The summed E-state index contributed by atoms with van der Waals surface area (Å²) in [6.07, 6.45) is 5.68. The van der Waals surface area contributed by atoms with Crippen LogP contribution in [0.15, 0.2) is 12.2 Å². The average Bonchev–Trinajstić information content (AvgIpc) is 2.54. The van der Waals surface area contributed by atoms with Gasteiger partial charge in [-0.15, -0.1) is 0 Å². The quantitative estimate of drug-likeness (QED) is 0.435. The second-order valence-electron chi connectivity index (χ2n) is 3.52. The van der Waals surface area contributed by atoms with Gasteiger partial charge >= 0.3 is 0 Å². The molecule has 0 aromatic rings. The number of rotatable bonds is 2. The molecule has 2 bridgehead atoms. The van der Waals surface area contributed by atoms with Crippen LogP contribution >= 0.6 is 0 Å². The molecule has 3 heteroatoms. The number of fused-ring (bicyclic) bond motifs is 2. The summed E-state index contributed by atoms with van der Waals surface area (Å²) in [6, 6.07) is 0.272. The summed E-state index contributed by atoms with van der Waals surface area (Å²) < 4.78 is 0. The zero-order valence-corrected chi connectivity index (χ0v) is 6.44. The van der Waals surface area contributed by atoms with E-state index in [1.807, 2.05) is 0 Å². The van der Waals surface area contributed by atoms with Crippen molar-refractivity contribution in [2.24, 2.45) is 29.4 Å². The van der Waals surface area contributed by atoms with Crippen molar-refractivity contribution in [1.82, 2.24) is 0 Å². The lowest BCUT2D eigenvalue weighted by molar-refractivity contribution is 0.0859. The van der Waals surface area contributed by atoms with Crippen molar-refractivity contribution in [3.05, 3.63) is 12.2 Å². The fourth-order valence-corrected chi connectivity index (χ4v) is 2.31. The van der Waals surface area contributed by atoms with Gasteiger partial charge in [-0.3, -0.25) is 0 Å². The topological polar surface area (TPSA) is 61.3 Å². The summed E-state index contributed by atoms with van der Waals surface area (Å²) >= 11 is 0. The van der Waals surface area contributed by atoms with Gasteiger partial charge in [0.25, 0.3) is 0 Å². The number of allylic oxidation sites excluding steroid dienone is 1. The van der Waals surface area contributed by atoms with E-state index in [1.54, 1.807) is 0 Å². The highest BCUT2D eigenvalue weighted by atomic mass is 16.6. The van der Waals surface area contributed by atoms with Crippen molar-refractivity contribution in [2.75, 3.05) is 6.61 Å². The predicted octanol–water partition coefficient (Wildman–Crippen LogP) is 0.0261. The molecule has 2 aliphatic rings. The normalized spacial score (nSPS) is 47.1. The van der Waals surface area contributed by atoms with Crippen LogP contribution in [-0.2, 0) is 4.84 Å². The lowest BCUT2D eigenvalue weighted by atomic mass is 9.90. The van der Waals surface area contributed by atoms with Gasteiger partial charge in [0.05, 0.1) is 6.61 Å². The van der Waals surface area contributed by atoms with Gasteiger partial charge in [0.1, 0.15) is 0 Å². The molecule has 0 amide bonds. The molecule has 2 aliphatic carbocycles. The fourth-order valence-electron chi connectivity index (χ4n) is 2.31. The van der Waals surface area contributed by atoms with E-state index < -0.39 is 0 Å². The first kappa shape index (κ1) is 7.28. The van der Waals surface area contributed by atoms with E-state index in [0.29, 0.717) is 24.4 Å². The van der Waals surface area contributed by atoms with Crippen molar-refractivity contribution in [1.29, 1.82) is 0 Å². The van der Waals surface area contributed by atoms with E-state index in [9.17, 15) is 0 Å². The lowest BCUT2D eigenvalue weighted by Gasteiger charge is -2.23. The van der Waals surface area contributed by atoms with E-state index in [2.05, 4.69) is 17.0 Å². The molecule has 0 aromatic heterocycles. The van der Waals surface area contributed by atoms with Gasteiger partial charge in [-0.2, -0.15) is 0 Å². The van der Waals surface area contributed by atoms with Gasteiger partial charge in [0, 0.05) is 12.0 Å². The smallest absolute Gasteiger partial charge is 0.0728 e. The van der Waals surface area contributed by atoms with Crippen LogP contribution in [0.2, 0.25) is 0 Å². The Morgan fingerprint density at radius 1 is 1.36 bits per heavy atom. The third-order valence-corrected chi connectivity index (χ3v) is 2.98. The second-order valence-corrected chi connectivity index (χ2v) is 3.52. The molecule has 62 valence electrons. The SMILES string of the molecule is NOCC1C2C=CC(C2)C1N. The average molecular weight is 154 g/mol. The van der Waals surface area contributed by atoms with Gasteiger partial charge in [0.15, 0.2) is 0 Å². The van der Waals surface area contributed by atoms with Gasteiger partial charge in [-0.05, 0) is 18.3 Å². The second kappa shape index (κ2) is 2.59. The minimum atomic E-state index is 0.272. The minimum Gasteiger partial charge on any atom is -0.327 e. The predicted molar refractivity (Wildman–Crippen MR) is 42.3 cm³/mol. The Labute approximate surface area is 66.3 Å². The maximum atomic E-state index is 5.96. The number of hydrogen-bond acceptors (Lipinski definition) is 3. The molecule has 4 atom stereocenters. The van der Waals surface area contributed by atoms with Gasteiger partial charge in [-0.25, -0.2) is 5.90 Å². The molecule has 0 radical (unpaired) electrons. The molecule has 3 nitrogen and oxygen atoms in total. The lowest BCUT2D eigenvalue weighted by Crippen LogP contribution is -2.36. The maximum Gasteiger partial charge on any atom is 0.0728 e. The highest BCUT2D eigenvalue weighted by molar-refractivity contribution is 5.15. The number of hydrogen-bond donors (Lipinski definition) is 2. The molecule has 2 rings (SSSR count). The fraction of sp³-hybridized carbons (Fsp3) is 0.750. The zero-order valence-electron chi connectivity index (χ0n) is 6.44. The third-order valence-electron chi connectivity index (χ3n) is 2.98. The van der Waals surface area contributed by atoms with E-state index in [0.717, 1.165) is 0 Å². The van der Waals surface area contributed by atoms with E-state index in [1.165, 1.54) is 6.42 Å². The van der Waals surface area contributed by atoms with Crippen molar-refractivity contribution in [3.63, 3.8) is 0 Å². The molecule has 11 heavy (non-hydrogen) atoms. The molecule has 4 N–H and O–H groups in total. The number of nitrogens with two attached hydrogens (primary N) is 2. The highest BCUT2D eigenvalue weighted by Crippen LogP contribution is 2.42. The monoisotopic (exact) mass is 154 g/mol. The van der Waals surface area contributed by atoms with Gasteiger partial charge in [0.2, 0.25) is 0 Å². The Bertz CT molecular complexity index is 181. The largest absolute Gasteiger partial charge is 0.327 e. The first-order chi connectivity index (χ1) is 5.33. The molecule has 0 saturated heterocycles. The summed E-state index contributed by atoms with van der Waals surface area (Å²) in [4.78, 5) is 4.63. The summed E-state index contributed by atoms with van der Waals surface area (Å²) in [5.74, 6) is 6.68. The van der Waals surface area contributed by atoms with Crippen molar-refractivity contribution in [3.8, 4) is 0 Å². The molecular formula is C8H14N2O. The standard InChI is InChI=1S/C8H14N2O/c9-8-6-2-1-5(3-6)7(8)4-11-10/h1-2,5-8H,3-4,9-10H2. The molecular weight excluding hydrogens is 140 g/mol. The Balaban J connectivity index is 2.06. The summed E-state index contributed by atoms with van der Waals surface area (Å²) in [5, 5.41) is 0. The minimum absolute atomic E-state index is 0.272. The zero-order chi connectivity index (χ0) is 7.84. The Morgan fingerprint density at radius 2 is 2.09 bits per heavy atom. The van der Waals surface area contributed by atoms with Crippen LogP contribution in [0, 0.1) is 17.8 Å². The Hall–Kier alpha value is -0.380. The molecule has 4 unspecified atom stereocenters. The van der Waals surface area contributed by atoms with Crippen molar-refractivity contribution < 1.29 is 4.84 Å². The summed E-state index contributed by atoms with van der Waals surface area (Å²) in [7, 11) is 0. The highest BCUT2D eigenvalue weighted by Gasteiger charge is 2.42. The van der Waals surface area contributed by atoms with Gasteiger partial charge < -0.3 is 10.6 Å². The molecule has 1 saturated carbocycles. The molecule has 0 spiro atoms. The Kier molecular flexibility index (Phi) is 1.71. The molecule has 1 fully saturated rings. The molecule has 0 aromatic carbocycles. The van der Waals surface area contributed by atoms with Crippen LogP contribution in [0.5, 0.6) is 0 Å². The first-order valence-electron chi connectivity index (χ1n) is 4.08. The van der Waals surface area contributed by atoms with E-state index >= 15 is 0 Å². The Morgan fingerprint density at radius 3 is 2.64 bits per heavy atom. The van der Waals surface area contributed by atoms with Crippen LogP contribution in [-0.4, -0.2) is 12.6 Å². The van der Waals surface area contributed by atoms with Crippen LogP contribution in [0.25, 0.3) is 0 Å². The van der Waals surface area contributed by atoms with Crippen molar-refractivity contribution >= 4 is 0 Å². The molecule has 0 heterocycles. The first-order valence-corrected chi connectivity index (χ1v) is 4.08. The van der Waals surface area contributed by atoms with E-state index in [-0.39, 0.29) is 6.04 Å². The molecule has 0 aliphatic heterocycles.